The predicted molar refractivity (Wildman–Crippen MR) is 105 cm³/mol. The van der Waals surface area contributed by atoms with Gasteiger partial charge >= 0.3 is 6.18 Å². The van der Waals surface area contributed by atoms with Crippen LogP contribution in [-0.4, -0.2) is 36.1 Å². The second kappa shape index (κ2) is 8.32. The molecule has 1 aliphatic rings. The van der Waals surface area contributed by atoms with Gasteiger partial charge in [-0.3, -0.25) is 9.59 Å². The molecule has 1 atom stereocenters. The Hall–Kier alpha value is -2.75. The van der Waals surface area contributed by atoms with Gasteiger partial charge < -0.3 is 15.5 Å². The highest BCUT2D eigenvalue weighted by atomic mass is 32.2. The van der Waals surface area contributed by atoms with Gasteiger partial charge in [-0.25, -0.2) is 4.98 Å². The van der Waals surface area contributed by atoms with Gasteiger partial charge in [0.2, 0.25) is 11.8 Å². The lowest BCUT2D eigenvalue weighted by molar-refractivity contribution is -0.137. The number of pyridine rings is 1. The molecule has 10 heteroatoms. The monoisotopic (exact) mass is 424 g/mol. The van der Waals surface area contributed by atoms with Crippen LogP contribution in [-0.2, 0) is 22.3 Å². The normalized spacial score (nSPS) is 16.0. The molecule has 2 N–H and O–H groups in total. The summed E-state index contributed by atoms with van der Waals surface area (Å²) in [4.78, 5) is 31.2. The Morgan fingerprint density at radius 1 is 1.31 bits per heavy atom. The van der Waals surface area contributed by atoms with Crippen LogP contribution in [0.5, 0.6) is 0 Å². The average molecular weight is 424 g/mol. The van der Waals surface area contributed by atoms with Crippen molar-refractivity contribution in [2.75, 3.05) is 24.3 Å². The molecular formula is C19H19F3N4O2S. The SMILES string of the molecule is CN(C)c1ncccc1CNC(=O)CC1Sc2ccc(C(F)(F)F)cc2NC1=O. The Bertz CT molecular complexity index is 934. The van der Waals surface area contributed by atoms with Crippen LogP contribution in [0, 0.1) is 0 Å². The number of benzene rings is 1. The second-order valence-corrected chi connectivity index (χ2v) is 7.91. The van der Waals surface area contributed by atoms with Crippen molar-refractivity contribution in [2.45, 2.75) is 29.3 Å². The quantitative estimate of drug-likeness (QED) is 0.771. The highest BCUT2D eigenvalue weighted by molar-refractivity contribution is 8.01. The zero-order chi connectivity index (χ0) is 21.2. The standard InChI is InChI=1S/C19H19F3N4O2S/c1-26(2)17-11(4-3-7-23-17)10-24-16(27)9-15-18(28)25-13-8-12(19(20,21)22)5-6-14(13)29-15/h3-8,15H,9-10H2,1-2H3,(H,24,27)(H,25,28). The van der Waals surface area contributed by atoms with Crippen LogP contribution in [0.4, 0.5) is 24.7 Å². The third kappa shape index (κ3) is 5.00. The molecule has 0 fully saturated rings. The van der Waals surface area contributed by atoms with E-state index in [1.165, 1.54) is 6.07 Å². The first kappa shape index (κ1) is 21.0. The van der Waals surface area contributed by atoms with Crippen LogP contribution in [0.15, 0.2) is 41.4 Å². The minimum absolute atomic E-state index is 0.0888. The van der Waals surface area contributed by atoms with Gasteiger partial charge in [0.25, 0.3) is 0 Å². The molecule has 29 heavy (non-hydrogen) atoms. The number of aromatic nitrogens is 1. The Morgan fingerprint density at radius 3 is 2.76 bits per heavy atom. The number of thioether (sulfide) groups is 1. The Labute approximate surface area is 169 Å². The minimum Gasteiger partial charge on any atom is -0.362 e. The lowest BCUT2D eigenvalue weighted by atomic mass is 10.1. The Morgan fingerprint density at radius 2 is 2.07 bits per heavy atom. The highest BCUT2D eigenvalue weighted by Gasteiger charge is 2.34. The number of nitrogens with zero attached hydrogens (tertiary/aromatic N) is 2. The first-order valence-corrected chi connectivity index (χ1v) is 9.60. The molecule has 6 nitrogen and oxygen atoms in total. The summed E-state index contributed by atoms with van der Waals surface area (Å²) in [6.45, 7) is 0.255. The van der Waals surface area contributed by atoms with Crippen molar-refractivity contribution in [3.63, 3.8) is 0 Å². The number of anilines is 2. The molecule has 0 spiro atoms. The fourth-order valence-electron chi connectivity index (χ4n) is 2.87. The van der Waals surface area contributed by atoms with Crippen molar-refractivity contribution >= 4 is 35.1 Å². The molecular weight excluding hydrogens is 405 g/mol. The lowest BCUT2D eigenvalue weighted by Gasteiger charge is -2.24. The van der Waals surface area contributed by atoms with Gasteiger partial charge in [-0.05, 0) is 24.3 Å². The van der Waals surface area contributed by atoms with E-state index in [0.717, 1.165) is 35.3 Å². The van der Waals surface area contributed by atoms with Crippen molar-refractivity contribution in [2.24, 2.45) is 0 Å². The van der Waals surface area contributed by atoms with Crippen molar-refractivity contribution in [3.8, 4) is 0 Å². The molecule has 2 heterocycles. The summed E-state index contributed by atoms with van der Waals surface area (Å²) in [6, 6.07) is 6.80. The second-order valence-electron chi connectivity index (χ2n) is 6.67. The summed E-state index contributed by atoms with van der Waals surface area (Å²) < 4.78 is 38.5. The Balaban J connectivity index is 1.63. The van der Waals surface area contributed by atoms with Gasteiger partial charge in [0.1, 0.15) is 5.82 Å². The van der Waals surface area contributed by atoms with Gasteiger partial charge in [-0.2, -0.15) is 13.2 Å². The first-order valence-electron chi connectivity index (χ1n) is 8.72. The molecule has 1 aromatic heterocycles. The molecule has 3 rings (SSSR count). The largest absolute Gasteiger partial charge is 0.416 e. The molecule has 0 radical (unpaired) electrons. The maximum absolute atomic E-state index is 12.8. The molecule has 154 valence electrons. The van der Waals surface area contributed by atoms with E-state index >= 15 is 0 Å². The van der Waals surface area contributed by atoms with Crippen LogP contribution in [0.3, 0.4) is 0 Å². The number of alkyl halides is 3. The fraction of sp³-hybridized carbons (Fsp3) is 0.316. The van der Waals surface area contributed by atoms with Gasteiger partial charge in [0, 0.05) is 43.7 Å². The van der Waals surface area contributed by atoms with Crippen LogP contribution < -0.4 is 15.5 Å². The number of carbonyl (C=O) groups is 2. The van der Waals surface area contributed by atoms with Crippen LogP contribution in [0.1, 0.15) is 17.5 Å². The molecule has 1 unspecified atom stereocenters. The number of hydrogen-bond acceptors (Lipinski definition) is 5. The van der Waals surface area contributed by atoms with Gasteiger partial charge in [-0.15, -0.1) is 11.8 Å². The molecule has 2 aromatic rings. The van der Waals surface area contributed by atoms with Gasteiger partial charge in [-0.1, -0.05) is 6.07 Å². The van der Waals surface area contributed by atoms with Gasteiger partial charge in [0.05, 0.1) is 16.5 Å². The summed E-state index contributed by atoms with van der Waals surface area (Å²) in [5.74, 6) is -0.0964. The van der Waals surface area contributed by atoms with E-state index in [2.05, 4.69) is 15.6 Å². The van der Waals surface area contributed by atoms with Crippen LogP contribution in [0.25, 0.3) is 0 Å². The lowest BCUT2D eigenvalue weighted by Crippen LogP contribution is -2.35. The van der Waals surface area contributed by atoms with Crippen LogP contribution >= 0.6 is 11.8 Å². The number of amides is 2. The van der Waals surface area contributed by atoms with Crippen molar-refractivity contribution in [1.29, 1.82) is 0 Å². The minimum atomic E-state index is -4.49. The molecule has 0 saturated heterocycles. The van der Waals surface area contributed by atoms with Crippen molar-refractivity contribution in [1.82, 2.24) is 10.3 Å². The van der Waals surface area contributed by atoms with Crippen LogP contribution in [0.2, 0.25) is 0 Å². The maximum atomic E-state index is 12.8. The summed E-state index contributed by atoms with van der Waals surface area (Å²) in [5, 5.41) is 4.52. The third-order valence-corrected chi connectivity index (χ3v) is 5.54. The van der Waals surface area contributed by atoms with E-state index < -0.39 is 22.9 Å². The van der Waals surface area contributed by atoms with E-state index in [4.69, 9.17) is 0 Å². The van der Waals surface area contributed by atoms with Crippen molar-refractivity contribution < 1.29 is 22.8 Å². The summed E-state index contributed by atoms with van der Waals surface area (Å²) in [7, 11) is 3.69. The summed E-state index contributed by atoms with van der Waals surface area (Å²) in [5.41, 5.74) is 0.107. The summed E-state index contributed by atoms with van der Waals surface area (Å²) >= 11 is 1.08. The first-order chi connectivity index (χ1) is 13.6. The number of nitrogens with one attached hydrogen (secondary N) is 2. The zero-order valence-electron chi connectivity index (χ0n) is 15.7. The number of hydrogen-bond donors (Lipinski definition) is 2. The number of halogens is 3. The molecule has 1 aromatic carbocycles. The number of carbonyl (C=O) groups excluding carboxylic acids is 2. The summed E-state index contributed by atoms with van der Waals surface area (Å²) in [6.07, 6.45) is -2.92. The average Bonchev–Trinajstić information content (AvgIpc) is 2.66. The number of fused-ring (bicyclic) bond motifs is 1. The molecule has 1 aliphatic heterocycles. The van der Waals surface area contributed by atoms with E-state index in [1.54, 1.807) is 12.3 Å². The Kier molecular flexibility index (Phi) is 6.02. The van der Waals surface area contributed by atoms with Gasteiger partial charge in [0.15, 0.2) is 0 Å². The van der Waals surface area contributed by atoms with E-state index in [1.807, 2.05) is 25.1 Å². The predicted octanol–water partition coefficient (Wildman–Crippen LogP) is 3.29. The molecule has 0 saturated carbocycles. The maximum Gasteiger partial charge on any atom is 0.416 e. The van der Waals surface area contributed by atoms with E-state index in [9.17, 15) is 22.8 Å². The molecule has 2 amide bonds. The van der Waals surface area contributed by atoms with E-state index in [-0.39, 0.29) is 24.6 Å². The van der Waals surface area contributed by atoms with Crippen molar-refractivity contribution in [3.05, 3.63) is 47.7 Å². The third-order valence-electron chi connectivity index (χ3n) is 4.26. The fourth-order valence-corrected chi connectivity index (χ4v) is 3.96. The van der Waals surface area contributed by atoms with E-state index in [0.29, 0.717) is 4.90 Å². The number of rotatable bonds is 5. The molecule has 0 aliphatic carbocycles. The smallest absolute Gasteiger partial charge is 0.362 e. The topological polar surface area (TPSA) is 74.3 Å². The highest BCUT2D eigenvalue weighted by Crippen LogP contribution is 2.40. The zero-order valence-corrected chi connectivity index (χ0v) is 16.5. The molecule has 0 bridgehead atoms.